The summed E-state index contributed by atoms with van der Waals surface area (Å²) in [5.74, 6) is -0.875. The zero-order chi connectivity index (χ0) is 32.4. The summed E-state index contributed by atoms with van der Waals surface area (Å²) in [6.07, 6.45) is 7.12. The third-order valence-corrected chi connectivity index (χ3v) is 8.77. The first-order valence-corrected chi connectivity index (χ1v) is 15.9. The molecule has 0 saturated heterocycles. The van der Waals surface area contributed by atoms with Gasteiger partial charge < -0.3 is 9.84 Å². The number of H-pyrrole nitrogens is 1. The van der Waals surface area contributed by atoms with Crippen molar-refractivity contribution < 1.29 is 19.2 Å². The summed E-state index contributed by atoms with van der Waals surface area (Å²) in [5.41, 5.74) is 4.46. The minimum absolute atomic E-state index is 0.0135. The third kappa shape index (κ3) is 6.32. The highest BCUT2D eigenvalue weighted by atomic mass is 16.6. The molecule has 1 aliphatic carbocycles. The number of esters is 1. The maximum Gasteiger partial charge on any atom is 0.439 e. The van der Waals surface area contributed by atoms with Gasteiger partial charge in [0.05, 0.1) is 11.9 Å². The van der Waals surface area contributed by atoms with E-state index in [4.69, 9.17) is 9.26 Å². The molecule has 3 aromatic heterocycles. The van der Waals surface area contributed by atoms with Crippen LogP contribution in [0.25, 0.3) is 28.2 Å². The van der Waals surface area contributed by atoms with Crippen LogP contribution in [0.15, 0.2) is 74.9 Å². The largest absolute Gasteiger partial charge is 0.460 e. The lowest BCUT2D eigenvalue weighted by atomic mass is 9.92. The van der Waals surface area contributed by atoms with Gasteiger partial charge in [0.2, 0.25) is 0 Å². The van der Waals surface area contributed by atoms with E-state index >= 15 is 0 Å². The quantitative estimate of drug-likeness (QED) is 0.201. The van der Waals surface area contributed by atoms with Gasteiger partial charge >= 0.3 is 11.7 Å². The highest BCUT2D eigenvalue weighted by molar-refractivity contribution is 5.80. The van der Waals surface area contributed by atoms with Crippen molar-refractivity contribution in [2.24, 2.45) is 0 Å². The fraction of sp³-hybridized carbons (Fsp3) is 0.400. The molecule has 11 nitrogen and oxygen atoms in total. The summed E-state index contributed by atoms with van der Waals surface area (Å²) in [6.45, 7) is 4.98. The number of rotatable bonds is 10. The van der Waals surface area contributed by atoms with E-state index in [0.29, 0.717) is 37.9 Å². The third-order valence-electron chi connectivity index (χ3n) is 8.77. The molecule has 5 aromatic rings. The first kappa shape index (κ1) is 31.2. The van der Waals surface area contributed by atoms with E-state index in [1.807, 2.05) is 63.7 Å². The number of aliphatic hydroxyl groups is 1. The Morgan fingerprint density at radius 3 is 2.41 bits per heavy atom. The monoisotopic (exact) mass is 625 g/mol. The second-order valence-corrected chi connectivity index (χ2v) is 12.6. The molecule has 0 bridgehead atoms. The second kappa shape index (κ2) is 12.9. The molecule has 46 heavy (non-hydrogen) atoms. The number of carbonyl (C=O) groups excluding carboxylic acids is 1. The maximum atomic E-state index is 14.4. The Balaban J connectivity index is 1.31. The first-order chi connectivity index (χ1) is 22.1. The summed E-state index contributed by atoms with van der Waals surface area (Å²) in [5, 5.41) is 18.5. The number of fused-ring (bicyclic) bond motifs is 1. The molecule has 0 spiro atoms. The number of nitrogens with zero attached hydrogens (tertiary/aromatic N) is 4. The summed E-state index contributed by atoms with van der Waals surface area (Å²) in [7, 11) is 0. The Labute approximate surface area is 265 Å². The van der Waals surface area contributed by atoms with Crippen LogP contribution in [0.5, 0.6) is 0 Å². The van der Waals surface area contributed by atoms with Gasteiger partial charge in [-0.2, -0.15) is 5.10 Å². The predicted molar refractivity (Wildman–Crippen MR) is 173 cm³/mol. The molecular weight excluding hydrogens is 586 g/mol. The van der Waals surface area contributed by atoms with Crippen molar-refractivity contribution in [3.8, 4) is 22.5 Å². The molecule has 3 heterocycles. The van der Waals surface area contributed by atoms with Crippen molar-refractivity contribution in [3.63, 3.8) is 0 Å². The molecule has 1 fully saturated rings. The van der Waals surface area contributed by atoms with E-state index in [9.17, 15) is 19.5 Å². The molecule has 0 radical (unpaired) electrons. The standard InChI is InChI=1S/C35H39N5O6/c1-4-5-10-29-28(21-22-11-13-23(14-12-22)26-8-6-7-9-27(26)31-37-34(43)46-38-31)32(41)39(30-19-20-36-40(29)30)24-15-17-25(18-16-24)45-33(42)35(2,3)44/h6-9,11-14,19-20,24-25,44H,4-5,10,15-18,21H2,1-3H3,(H,37,38,43)/t24-,25-. The molecule has 1 aliphatic rings. The molecule has 240 valence electrons. The minimum atomic E-state index is -1.54. The Morgan fingerprint density at radius 2 is 1.76 bits per heavy atom. The van der Waals surface area contributed by atoms with Crippen LogP contribution >= 0.6 is 0 Å². The fourth-order valence-electron chi connectivity index (χ4n) is 6.33. The van der Waals surface area contributed by atoms with Gasteiger partial charge in [-0.1, -0.05) is 67.0 Å². The molecule has 0 amide bonds. The molecule has 2 aromatic carbocycles. The maximum absolute atomic E-state index is 14.4. The highest BCUT2D eigenvalue weighted by Crippen LogP contribution is 2.33. The summed E-state index contributed by atoms with van der Waals surface area (Å²) in [6, 6.07) is 17.6. The summed E-state index contributed by atoms with van der Waals surface area (Å²) < 4.78 is 14.1. The van der Waals surface area contributed by atoms with Crippen molar-refractivity contribution in [1.82, 2.24) is 24.3 Å². The second-order valence-electron chi connectivity index (χ2n) is 12.6. The Hall–Kier alpha value is -4.77. The van der Waals surface area contributed by atoms with Gasteiger partial charge in [-0.05, 0) is 69.1 Å². The van der Waals surface area contributed by atoms with E-state index < -0.39 is 17.3 Å². The van der Waals surface area contributed by atoms with Crippen molar-refractivity contribution in [2.45, 2.75) is 89.9 Å². The molecule has 2 N–H and O–H groups in total. The molecule has 6 rings (SSSR count). The zero-order valence-corrected chi connectivity index (χ0v) is 26.4. The number of unbranched alkanes of at least 4 members (excludes halogenated alkanes) is 1. The number of aromatic nitrogens is 5. The number of benzene rings is 2. The van der Waals surface area contributed by atoms with Crippen LogP contribution < -0.4 is 11.3 Å². The van der Waals surface area contributed by atoms with Gasteiger partial charge in [-0.15, -0.1) is 0 Å². The van der Waals surface area contributed by atoms with Gasteiger partial charge in [-0.25, -0.2) is 14.1 Å². The molecular formula is C35H39N5O6. The first-order valence-electron chi connectivity index (χ1n) is 15.9. The lowest BCUT2D eigenvalue weighted by molar-refractivity contribution is -0.169. The van der Waals surface area contributed by atoms with Crippen LogP contribution in [-0.2, 0) is 22.4 Å². The van der Waals surface area contributed by atoms with E-state index in [-0.39, 0.29) is 17.7 Å². The number of hydrogen-bond acceptors (Lipinski definition) is 8. The van der Waals surface area contributed by atoms with Crippen molar-refractivity contribution >= 4 is 11.6 Å². The normalized spacial score (nSPS) is 17.0. The molecule has 11 heteroatoms. The van der Waals surface area contributed by atoms with E-state index in [2.05, 4.69) is 22.2 Å². The van der Waals surface area contributed by atoms with Gasteiger partial charge in [0.1, 0.15) is 11.8 Å². The average molecular weight is 626 g/mol. The fourth-order valence-corrected chi connectivity index (χ4v) is 6.33. The average Bonchev–Trinajstić information content (AvgIpc) is 3.71. The summed E-state index contributed by atoms with van der Waals surface area (Å²) in [4.78, 5) is 40.9. The van der Waals surface area contributed by atoms with Crippen LogP contribution in [0.2, 0.25) is 0 Å². The topological polar surface area (TPSA) is 145 Å². The van der Waals surface area contributed by atoms with Gasteiger partial charge in [0, 0.05) is 29.7 Å². The van der Waals surface area contributed by atoms with Crippen LogP contribution in [-0.4, -0.2) is 47.1 Å². The number of nitrogens with one attached hydrogen (secondary N) is 1. The van der Waals surface area contributed by atoms with Crippen molar-refractivity contribution in [1.29, 1.82) is 0 Å². The smallest absolute Gasteiger partial charge is 0.439 e. The van der Waals surface area contributed by atoms with Gasteiger partial charge in [0.25, 0.3) is 5.56 Å². The number of ether oxygens (including phenoxy) is 1. The lowest BCUT2D eigenvalue weighted by Crippen LogP contribution is -2.38. The highest BCUT2D eigenvalue weighted by Gasteiger charge is 2.32. The predicted octanol–water partition coefficient (Wildman–Crippen LogP) is 5.24. The number of aromatic amines is 1. The zero-order valence-electron chi connectivity index (χ0n) is 26.4. The van der Waals surface area contributed by atoms with Crippen molar-refractivity contribution in [2.75, 3.05) is 0 Å². The molecule has 0 atom stereocenters. The number of aryl methyl sites for hydroxylation is 1. The van der Waals surface area contributed by atoms with Crippen LogP contribution in [0.3, 0.4) is 0 Å². The Kier molecular flexibility index (Phi) is 8.77. The van der Waals surface area contributed by atoms with Crippen molar-refractivity contribution in [3.05, 3.63) is 98.5 Å². The van der Waals surface area contributed by atoms with E-state index in [0.717, 1.165) is 58.4 Å². The SMILES string of the molecule is CCCCc1c(Cc2ccc(-c3ccccc3-c3noc(=O)[nH]3)cc2)c(=O)n([C@H]2CC[C@H](OC(=O)C(C)(C)O)CC2)c2ccnn12. The minimum Gasteiger partial charge on any atom is -0.460 e. The Bertz CT molecular complexity index is 1950. The lowest BCUT2D eigenvalue weighted by Gasteiger charge is -2.32. The molecule has 0 unspecified atom stereocenters. The van der Waals surface area contributed by atoms with Crippen LogP contribution in [0.1, 0.15) is 82.2 Å². The van der Waals surface area contributed by atoms with Gasteiger partial charge in [0.15, 0.2) is 11.4 Å². The van der Waals surface area contributed by atoms with Gasteiger partial charge in [-0.3, -0.25) is 18.9 Å². The van der Waals surface area contributed by atoms with E-state index in [1.165, 1.54) is 13.8 Å². The molecule has 1 saturated carbocycles. The molecule has 0 aliphatic heterocycles. The number of carbonyl (C=O) groups is 1. The van der Waals surface area contributed by atoms with Crippen LogP contribution in [0.4, 0.5) is 0 Å². The Morgan fingerprint density at radius 1 is 1.04 bits per heavy atom. The number of hydrogen-bond donors (Lipinski definition) is 2. The van der Waals surface area contributed by atoms with Crippen LogP contribution in [0, 0.1) is 0 Å². The summed E-state index contributed by atoms with van der Waals surface area (Å²) >= 11 is 0. The van der Waals surface area contributed by atoms with E-state index in [1.54, 1.807) is 6.20 Å².